The van der Waals surface area contributed by atoms with Crippen molar-refractivity contribution < 1.29 is 9.53 Å². The fraction of sp³-hybridized carbons (Fsp3) is 0.130. The number of aromatic nitrogens is 4. The molecule has 0 radical (unpaired) electrons. The van der Waals surface area contributed by atoms with Crippen LogP contribution in [0.15, 0.2) is 83.2 Å². The average Bonchev–Trinajstić information content (AvgIpc) is 3.44. The first-order valence-corrected chi connectivity index (χ1v) is 10.9. The summed E-state index contributed by atoms with van der Waals surface area (Å²) in [6, 6.07) is 21.3. The van der Waals surface area contributed by atoms with Crippen LogP contribution in [0.5, 0.6) is 5.75 Å². The van der Waals surface area contributed by atoms with Crippen molar-refractivity contribution in [2.24, 2.45) is 12.1 Å². The van der Waals surface area contributed by atoms with Crippen LogP contribution < -0.4 is 10.2 Å². The minimum atomic E-state index is -0.228. The van der Waals surface area contributed by atoms with Crippen LogP contribution in [0.1, 0.15) is 5.69 Å². The maximum atomic E-state index is 12.3. The zero-order valence-electron chi connectivity index (χ0n) is 17.7. The molecule has 2 aromatic carbocycles. The van der Waals surface area contributed by atoms with Gasteiger partial charge < -0.3 is 9.30 Å². The third kappa shape index (κ3) is 4.89. The fourth-order valence-electron chi connectivity index (χ4n) is 3.04. The molecule has 8 nitrogen and oxygen atoms in total. The van der Waals surface area contributed by atoms with Gasteiger partial charge in [0.05, 0.1) is 24.8 Å². The molecule has 1 amide bonds. The van der Waals surface area contributed by atoms with E-state index in [2.05, 4.69) is 20.7 Å². The van der Waals surface area contributed by atoms with Gasteiger partial charge in [0, 0.05) is 24.5 Å². The third-order valence-corrected chi connectivity index (χ3v) is 5.63. The number of nitrogens with zero attached hydrogens (tertiary/aromatic N) is 5. The molecule has 4 rings (SSSR count). The lowest BCUT2D eigenvalue weighted by atomic mass is 10.2. The number of carbonyl (C=O) groups is 1. The highest BCUT2D eigenvalue weighted by Gasteiger charge is 2.17. The minimum Gasteiger partial charge on any atom is -0.497 e. The maximum absolute atomic E-state index is 12.3. The summed E-state index contributed by atoms with van der Waals surface area (Å²) in [5, 5.41) is 13.4. The molecule has 32 heavy (non-hydrogen) atoms. The Balaban J connectivity index is 1.52. The molecule has 0 aliphatic carbocycles. The predicted octanol–water partition coefficient (Wildman–Crippen LogP) is 3.52. The molecule has 0 saturated carbocycles. The quantitative estimate of drug-likeness (QED) is 0.254. The van der Waals surface area contributed by atoms with E-state index >= 15 is 0 Å². The van der Waals surface area contributed by atoms with E-state index in [4.69, 9.17) is 4.74 Å². The summed E-state index contributed by atoms with van der Waals surface area (Å²) in [6.07, 6.45) is 3.52. The lowest BCUT2D eigenvalue weighted by molar-refractivity contribution is -0.118. The average molecular weight is 447 g/mol. The molecule has 0 atom stereocenters. The number of benzene rings is 2. The SMILES string of the molecule is COc1ccc(-c2nnc(SCC(=O)N/N=C/c3cccn3C)n2-c2ccccc2)cc1. The minimum absolute atomic E-state index is 0.151. The third-order valence-electron chi connectivity index (χ3n) is 4.70. The number of thioether (sulfide) groups is 1. The van der Waals surface area contributed by atoms with Gasteiger partial charge in [-0.3, -0.25) is 9.36 Å². The van der Waals surface area contributed by atoms with Crippen molar-refractivity contribution in [3.05, 3.63) is 78.6 Å². The summed E-state index contributed by atoms with van der Waals surface area (Å²) in [4.78, 5) is 12.3. The second-order valence-electron chi connectivity index (χ2n) is 6.83. The summed E-state index contributed by atoms with van der Waals surface area (Å²) >= 11 is 1.30. The molecule has 4 aromatic rings. The van der Waals surface area contributed by atoms with Gasteiger partial charge in [-0.1, -0.05) is 30.0 Å². The largest absolute Gasteiger partial charge is 0.497 e. The summed E-state index contributed by atoms with van der Waals surface area (Å²) in [6.45, 7) is 0. The van der Waals surface area contributed by atoms with Crippen LogP contribution in [0.2, 0.25) is 0 Å². The molecule has 0 bridgehead atoms. The van der Waals surface area contributed by atoms with Crippen molar-refractivity contribution in [3.63, 3.8) is 0 Å². The topological polar surface area (TPSA) is 86.3 Å². The molecule has 1 N–H and O–H groups in total. The van der Waals surface area contributed by atoms with Crippen molar-refractivity contribution in [2.75, 3.05) is 12.9 Å². The van der Waals surface area contributed by atoms with E-state index in [1.165, 1.54) is 11.8 Å². The first-order chi connectivity index (χ1) is 15.7. The van der Waals surface area contributed by atoms with Gasteiger partial charge in [0.25, 0.3) is 5.91 Å². The number of rotatable bonds is 8. The van der Waals surface area contributed by atoms with Crippen molar-refractivity contribution in [2.45, 2.75) is 5.16 Å². The van der Waals surface area contributed by atoms with Gasteiger partial charge in [0.2, 0.25) is 0 Å². The van der Waals surface area contributed by atoms with E-state index in [0.29, 0.717) is 11.0 Å². The molecule has 2 aromatic heterocycles. The van der Waals surface area contributed by atoms with Crippen LogP contribution in [0.25, 0.3) is 17.1 Å². The molecule has 0 aliphatic rings. The Morgan fingerprint density at radius 3 is 2.56 bits per heavy atom. The summed E-state index contributed by atoms with van der Waals surface area (Å²) in [5.41, 5.74) is 5.25. The molecular formula is C23H22N6O2S. The molecule has 0 spiro atoms. The van der Waals surface area contributed by atoms with E-state index in [1.54, 1.807) is 13.3 Å². The number of methoxy groups -OCH3 is 1. The van der Waals surface area contributed by atoms with Crippen LogP contribution in [0, 0.1) is 0 Å². The van der Waals surface area contributed by atoms with Gasteiger partial charge in [-0.05, 0) is 48.5 Å². The van der Waals surface area contributed by atoms with Gasteiger partial charge in [-0.15, -0.1) is 10.2 Å². The van der Waals surface area contributed by atoms with E-state index in [0.717, 1.165) is 22.7 Å². The summed E-state index contributed by atoms with van der Waals surface area (Å²) in [5.74, 6) is 1.37. The Morgan fingerprint density at radius 1 is 1.09 bits per heavy atom. The molecular weight excluding hydrogens is 424 g/mol. The number of hydrogen-bond acceptors (Lipinski definition) is 6. The lowest BCUT2D eigenvalue weighted by Crippen LogP contribution is -2.20. The summed E-state index contributed by atoms with van der Waals surface area (Å²) < 4.78 is 9.10. The van der Waals surface area contributed by atoms with Crippen molar-refractivity contribution in [1.82, 2.24) is 24.8 Å². The maximum Gasteiger partial charge on any atom is 0.250 e. The Bertz CT molecular complexity index is 1220. The van der Waals surface area contributed by atoms with Crippen molar-refractivity contribution in [1.29, 1.82) is 0 Å². The van der Waals surface area contributed by atoms with Crippen LogP contribution >= 0.6 is 11.8 Å². The monoisotopic (exact) mass is 446 g/mol. The summed E-state index contributed by atoms with van der Waals surface area (Å²) in [7, 11) is 3.54. The number of aryl methyl sites for hydroxylation is 1. The van der Waals surface area contributed by atoms with E-state index in [1.807, 2.05) is 89.1 Å². The lowest BCUT2D eigenvalue weighted by Gasteiger charge is -2.10. The van der Waals surface area contributed by atoms with E-state index in [-0.39, 0.29) is 11.7 Å². The van der Waals surface area contributed by atoms with E-state index in [9.17, 15) is 4.79 Å². The number of nitrogens with one attached hydrogen (secondary N) is 1. The Kier molecular flexibility index (Phi) is 6.66. The Morgan fingerprint density at radius 2 is 1.88 bits per heavy atom. The number of para-hydroxylation sites is 1. The van der Waals surface area contributed by atoms with Crippen LogP contribution in [0.4, 0.5) is 0 Å². The standard InChI is InChI=1S/C23H22N6O2S/c1-28-14-6-9-19(28)15-24-25-21(30)16-32-23-27-26-22(17-10-12-20(31-2)13-11-17)29(23)18-7-4-3-5-8-18/h3-15H,16H2,1-2H3,(H,25,30)/b24-15+. The highest BCUT2D eigenvalue weighted by atomic mass is 32.2. The smallest absolute Gasteiger partial charge is 0.250 e. The first kappa shape index (κ1) is 21.4. The van der Waals surface area contributed by atoms with Gasteiger partial charge >= 0.3 is 0 Å². The molecule has 0 fully saturated rings. The zero-order chi connectivity index (χ0) is 22.3. The number of ether oxygens (including phenoxy) is 1. The predicted molar refractivity (Wildman–Crippen MR) is 125 cm³/mol. The molecule has 2 heterocycles. The van der Waals surface area contributed by atoms with Crippen LogP contribution in [-0.2, 0) is 11.8 Å². The molecule has 0 unspecified atom stereocenters. The van der Waals surface area contributed by atoms with Gasteiger partial charge in [-0.2, -0.15) is 5.10 Å². The highest BCUT2D eigenvalue weighted by Crippen LogP contribution is 2.28. The number of carbonyl (C=O) groups excluding carboxylic acids is 1. The highest BCUT2D eigenvalue weighted by molar-refractivity contribution is 7.99. The van der Waals surface area contributed by atoms with E-state index < -0.39 is 0 Å². The van der Waals surface area contributed by atoms with Gasteiger partial charge in [-0.25, -0.2) is 5.43 Å². The molecule has 0 aliphatic heterocycles. The Hall–Kier alpha value is -3.85. The first-order valence-electron chi connectivity index (χ1n) is 9.87. The van der Waals surface area contributed by atoms with Gasteiger partial charge in [0.1, 0.15) is 5.75 Å². The number of amides is 1. The van der Waals surface area contributed by atoms with Gasteiger partial charge in [0.15, 0.2) is 11.0 Å². The fourth-order valence-corrected chi connectivity index (χ4v) is 3.79. The van der Waals surface area contributed by atoms with Crippen molar-refractivity contribution in [3.8, 4) is 22.8 Å². The second-order valence-corrected chi connectivity index (χ2v) is 7.77. The number of hydrazone groups is 1. The van der Waals surface area contributed by atoms with Crippen LogP contribution in [-0.4, -0.2) is 44.3 Å². The zero-order valence-corrected chi connectivity index (χ0v) is 18.5. The number of hydrogen-bond donors (Lipinski definition) is 1. The van der Waals surface area contributed by atoms with Crippen LogP contribution in [0.3, 0.4) is 0 Å². The van der Waals surface area contributed by atoms with Crippen molar-refractivity contribution >= 4 is 23.9 Å². The Labute approximate surface area is 189 Å². The normalized spacial score (nSPS) is 11.1. The molecule has 9 heteroatoms. The molecule has 0 saturated heterocycles. The molecule has 162 valence electrons. The second kappa shape index (κ2) is 9.97.